The zero-order chi connectivity index (χ0) is 12.3. The van der Waals surface area contributed by atoms with E-state index in [1.807, 2.05) is 30.0 Å². The first-order valence-electron chi connectivity index (χ1n) is 5.58. The molecule has 4 nitrogen and oxygen atoms in total. The second-order valence-electron chi connectivity index (χ2n) is 3.77. The quantitative estimate of drug-likeness (QED) is 0.906. The van der Waals surface area contributed by atoms with Gasteiger partial charge in [0.2, 0.25) is 0 Å². The van der Waals surface area contributed by atoms with Crippen molar-refractivity contribution in [1.82, 2.24) is 19.9 Å². The van der Waals surface area contributed by atoms with Gasteiger partial charge in [-0.15, -0.1) is 0 Å². The van der Waals surface area contributed by atoms with Crippen molar-refractivity contribution in [2.75, 3.05) is 6.54 Å². The molecule has 0 saturated carbocycles. The Hall–Kier alpha value is -1.39. The van der Waals surface area contributed by atoms with Crippen molar-refractivity contribution in [3.8, 4) is 5.82 Å². The molecule has 0 bridgehead atoms. The number of pyridine rings is 1. The lowest BCUT2D eigenvalue weighted by Gasteiger charge is -2.08. The van der Waals surface area contributed by atoms with E-state index in [2.05, 4.69) is 22.2 Å². The van der Waals surface area contributed by atoms with Crippen LogP contribution in [-0.2, 0) is 6.54 Å². The van der Waals surface area contributed by atoms with E-state index < -0.39 is 0 Å². The molecular formula is C12H15ClN4. The molecule has 0 aliphatic carbocycles. The summed E-state index contributed by atoms with van der Waals surface area (Å²) in [4.78, 5) is 8.54. The Kier molecular flexibility index (Phi) is 3.76. The number of nitrogens with one attached hydrogen (secondary N) is 1. The maximum absolute atomic E-state index is 6.23. The smallest absolute Gasteiger partial charge is 0.156 e. The van der Waals surface area contributed by atoms with Gasteiger partial charge in [0.05, 0.1) is 5.02 Å². The summed E-state index contributed by atoms with van der Waals surface area (Å²) in [5.74, 6) is 1.60. The first-order chi connectivity index (χ1) is 8.22. The Morgan fingerprint density at radius 2 is 2.24 bits per heavy atom. The minimum atomic E-state index is 0.640. The fourth-order valence-corrected chi connectivity index (χ4v) is 1.90. The molecular weight excluding hydrogens is 236 g/mol. The Labute approximate surface area is 106 Å². The molecule has 0 spiro atoms. The molecule has 0 aliphatic heterocycles. The Morgan fingerprint density at radius 1 is 1.41 bits per heavy atom. The zero-order valence-corrected chi connectivity index (χ0v) is 10.7. The molecule has 0 atom stereocenters. The molecule has 17 heavy (non-hydrogen) atoms. The Balaban J connectivity index is 2.29. The molecule has 0 fully saturated rings. The third-order valence-corrected chi connectivity index (χ3v) is 2.79. The van der Waals surface area contributed by atoms with Crippen LogP contribution in [0.3, 0.4) is 0 Å². The van der Waals surface area contributed by atoms with Gasteiger partial charge in [0, 0.05) is 25.1 Å². The fraction of sp³-hybridized carbons (Fsp3) is 0.333. The van der Waals surface area contributed by atoms with Gasteiger partial charge in [0.1, 0.15) is 5.82 Å². The van der Waals surface area contributed by atoms with Gasteiger partial charge in [-0.3, -0.25) is 4.57 Å². The lowest BCUT2D eigenvalue weighted by atomic mass is 10.3. The van der Waals surface area contributed by atoms with Gasteiger partial charge in [0.25, 0.3) is 0 Å². The summed E-state index contributed by atoms with van der Waals surface area (Å²) in [5, 5.41) is 3.88. The van der Waals surface area contributed by atoms with Crippen molar-refractivity contribution in [3.05, 3.63) is 41.1 Å². The SMILES string of the molecule is CCNCc1cnc(-n2ccnc2C)c(Cl)c1. The van der Waals surface area contributed by atoms with Crippen molar-refractivity contribution in [3.63, 3.8) is 0 Å². The molecule has 0 saturated heterocycles. The molecule has 2 heterocycles. The van der Waals surface area contributed by atoms with Crippen LogP contribution < -0.4 is 5.32 Å². The molecule has 5 heteroatoms. The van der Waals surface area contributed by atoms with E-state index in [4.69, 9.17) is 11.6 Å². The van der Waals surface area contributed by atoms with Crippen LogP contribution in [0.25, 0.3) is 5.82 Å². The molecule has 0 amide bonds. The molecule has 2 rings (SSSR count). The van der Waals surface area contributed by atoms with Crippen molar-refractivity contribution in [2.45, 2.75) is 20.4 Å². The summed E-state index contributed by atoms with van der Waals surface area (Å²) in [7, 11) is 0. The number of aromatic nitrogens is 3. The van der Waals surface area contributed by atoms with Crippen molar-refractivity contribution >= 4 is 11.6 Å². The third kappa shape index (κ3) is 2.65. The molecule has 0 unspecified atom stereocenters. The van der Waals surface area contributed by atoms with Gasteiger partial charge in [0.15, 0.2) is 5.82 Å². The maximum Gasteiger partial charge on any atom is 0.156 e. The average molecular weight is 251 g/mol. The summed E-state index contributed by atoms with van der Waals surface area (Å²) < 4.78 is 1.87. The number of nitrogens with zero attached hydrogens (tertiary/aromatic N) is 3. The molecule has 2 aromatic rings. The van der Waals surface area contributed by atoms with Crippen LogP contribution in [0.5, 0.6) is 0 Å². The van der Waals surface area contributed by atoms with Crippen LogP contribution in [0.4, 0.5) is 0 Å². The second-order valence-corrected chi connectivity index (χ2v) is 4.18. The first kappa shape index (κ1) is 12.1. The van der Waals surface area contributed by atoms with E-state index in [9.17, 15) is 0 Å². The van der Waals surface area contributed by atoms with E-state index in [1.54, 1.807) is 6.20 Å². The largest absolute Gasteiger partial charge is 0.313 e. The number of hydrogen-bond acceptors (Lipinski definition) is 3. The highest BCUT2D eigenvalue weighted by Gasteiger charge is 2.07. The van der Waals surface area contributed by atoms with Crippen LogP contribution in [0, 0.1) is 6.92 Å². The molecule has 1 N–H and O–H groups in total. The lowest BCUT2D eigenvalue weighted by Crippen LogP contribution is -2.12. The minimum absolute atomic E-state index is 0.640. The van der Waals surface area contributed by atoms with Crippen LogP contribution in [0.15, 0.2) is 24.7 Å². The van der Waals surface area contributed by atoms with E-state index >= 15 is 0 Å². The summed E-state index contributed by atoms with van der Waals surface area (Å²) >= 11 is 6.23. The fourth-order valence-electron chi connectivity index (χ4n) is 1.62. The topological polar surface area (TPSA) is 42.7 Å². The molecule has 0 radical (unpaired) electrons. The van der Waals surface area contributed by atoms with Gasteiger partial charge in [-0.25, -0.2) is 9.97 Å². The number of aryl methyl sites for hydroxylation is 1. The van der Waals surface area contributed by atoms with Crippen molar-refractivity contribution in [1.29, 1.82) is 0 Å². The van der Waals surface area contributed by atoms with Gasteiger partial charge in [-0.1, -0.05) is 18.5 Å². The highest BCUT2D eigenvalue weighted by atomic mass is 35.5. The number of hydrogen-bond donors (Lipinski definition) is 1. The molecule has 2 aromatic heterocycles. The van der Waals surface area contributed by atoms with Crippen molar-refractivity contribution in [2.24, 2.45) is 0 Å². The minimum Gasteiger partial charge on any atom is -0.313 e. The summed E-state index contributed by atoms with van der Waals surface area (Å²) in [6, 6.07) is 1.94. The monoisotopic (exact) mass is 250 g/mol. The van der Waals surface area contributed by atoms with Crippen molar-refractivity contribution < 1.29 is 0 Å². The number of imidazole rings is 1. The van der Waals surface area contributed by atoms with Crippen LogP contribution in [-0.4, -0.2) is 21.1 Å². The maximum atomic E-state index is 6.23. The molecule has 0 aromatic carbocycles. The second kappa shape index (κ2) is 5.29. The zero-order valence-electron chi connectivity index (χ0n) is 9.94. The van der Waals surface area contributed by atoms with E-state index in [1.165, 1.54) is 0 Å². The Bertz CT molecular complexity index is 507. The Morgan fingerprint density at radius 3 is 2.82 bits per heavy atom. The highest BCUT2D eigenvalue weighted by molar-refractivity contribution is 6.32. The molecule has 90 valence electrons. The summed E-state index contributed by atoms with van der Waals surface area (Å²) in [6.07, 6.45) is 5.43. The normalized spacial score (nSPS) is 10.8. The van der Waals surface area contributed by atoms with E-state index in [-0.39, 0.29) is 0 Å². The lowest BCUT2D eigenvalue weighted by molar-refractivity contribution is 0.723. The summed E-state index contributed by atoms with van der Waals surface area (Å²) in [6.45, 7) is 5.70. The van der Waals surface area contributed by atoms with Gasteiger partial charge < -0.3 is 5.32 Å². The number of rotatable bonds is 4. The van der Waals surface area contributed by atoms with E-state index in [0.717, 1.165) is 30.3 Å². The van der Waals surface area contributed by atoms with Crippen LogP contribution >= 0.6 is 11.6 Å². The third-order valence-electron chi connectivity index (χ3n) is 2.51. The number of halogens is 1. The highest BCUT2D eigenvalue weighted by Crippen LogP contribution is 2.20. The molecule has 0 aliphatic rings. The predicted molar refractivity (Wildman–Crippen MR) is 68.5 cm³/mol. The standard InChI is InChI=1S/C12H15ClN4/c1-3-14-7-10-6-11(13)12(16-8-10)17-5-4-15-9(17)2/h4-6,8,14H,3,7H2,1-2H3. The predicted octanol–water partition coefficient (Wildman–Crippen LogP) is 2.34. The average Bonchev–Trinajstić information content (AvgIpc) is 2.73. The van der Waals surface area contributed by atoms with Gasteiger partial charge >= 0.3 is 0 Å². The summed E-state index contributed by atoms with van der Waals surface area (Å²) in [5.41, 5.74) is 1.08. The van der Waals surface area contributed by atoms with Crippen LogP contribution in [0.2, 0.25) is 5.02 Å². The van der Waals surface area contributed by atoms with Crippen LogP contribution in [0.1, 0.15) is 18.3 Å². The first-order valence-corrected chi connectivity index (χ1v) is 5.95. The van der Waals surface area contributed by atoms with E-state index in [0.29, 0.717) is 5.02 Å². The van der Waals surface area contributed by atoms with Gasteiger partial charge in [-0.05, 0) is 25.1 Å². The van der Waals surface area contributed by atoms with Gasteiger partial charge in [-0.2, -0.15) is 0 Å².